The van der Waals surface area contributed by atoms with Gasteiger partial charge in [-0.2, -0.15) is 7.94 Å². The third-order valence-corrected chi connectivity index (χ3v) is 4.58. The molecule has 1 heterocycles. The molecule has 1 aliphatic carbocycles. The summed E-state index contributed by atoms with van der Waals surface area (Å²) in [6, 6.07) is 0. The van der Waals surface area contributed by atoms with Crippen molar-refractivity contribution >= 4 is 20.1 Å². The molecule has 2 rings (SSSR count). The molecule has 0 N–H and O–H groups in total. The summed E-state index contributed by atoms with van der Waals surface area (Å²) < 4.78 is 25.8. The number of rotatable bonds is 2. The predicted octanol–water partition coefficient (Wildman–Crippen LogP) is 3.05. The Balaban J connectivity index is 1.81. The Morgan fingerprint density at radius 2 is 1.92 bits per heavy atom. The molecule has 0 radical (unpaired) electrons. The lowest BCUT2D eigenvalue weighted by Gasteiger charge is -2.28. The van der Waals surface area contributed by atoms with Crippen molar-refractivity contribution in [2.75, 3.05) is 0 Å². The first-order valence-corrected chi connectivity index (χ1v) is 6.24. The van der Waals surface area contributed by atoms with Crippen LogP contribution in [0.15, 0.2) is 0 Å². The van der Waals surface area contributed by atoms with Gasteiger partial charge in [0.25, 0.3) is 0 Å². The highest BCUT2D eigenvalue weighted by molar-refractivity contribution is 8.02. The van der Waals surface area contributed by atoms with E-state index in [9.17, 15) is 4.57 Å². The second-order valence-corrected chi connectivity index (χ2v) is 5.46. The van der Waals surface area contributed by atoms with Crippen LogP contribution in [0.2, 0.25) is 0 Å². The van der Waals surface area contributed by atoms with Gasteiger partial charge in [-0.25, -0.2) is 4.57 Å². The molecule has 0 aromatic carbocycles. The number of hydrogen-bond acceptors (Lipinski definition) is 5. The molecule has 0 atom stereocenters. The molecule has 1 aliphatic heterocycles. The molecule has 0 spiro atoms. The van der Waals surface area contributed by atoms with E-state index in [4.69, 9.17) is 4.52 Å². The lowest BCUT2D eigenvalue weighted by atomic mass is 9.98. The van der Waals surface area contributed by atoms with Crippen LogP contribution in [0.25, 0.3) is 0 Å². The van der Waals surface area contributed by atoms with Crippen LogP contribution >= 0.6 is 20.1 Å². The third-order valence-electron chi connectivity index (χ3n) is 2.07. The maximum absolute atomic E-state index is 11.3. The maximum atomic E-state index is 11.3. The van der Waals surface area contributed by atoms with Crippen LogP contribution in [-0.2, 0) is 17.0 Å². The first kappa shape index (κ1) is 9.03. The second-order valence-electron chi connectivity index (χ2n) is 3.03. The lowest BCUT2D eigenvalue weighted by molar-refractivity contribution is 0.103. The van der Waals surface area contributed by atoms with Crippen molar-refractivity contribution < 1.29 is 17.0 Å². The van der Waals surface area contributed by atoms with Gasteiger partial charge >= 0.3 is 7.82 Å². The highest BCUT2D eigenvalue weighted by atomic mass is 32.2. The van der Waals surface area contributed by atoms with Crippen LogP contribution < -0.4 is 0 Å². The van der Waals surface area contributed by atoms with E-state index in [0.29, 0.717) is 0 Å². The van der Waals surface area contributed by atoms with Gasteiger partial charge in [-0.15, -0.1) is 0 Å². The standard InChI is InChI=1S/C6H11O4PS/c7-11(9-12-10-11)8-6-4-2-1-3-5-6/h6H,1-5H2. The largest absolute Gasteiger partial charge is 0.501 e. The van der Waals surface area contributed by atoms with Crippen LogP contribution in [0.5, 0.6) is 0 Å². The van der Waals surface area contributed by atoms with Crippen molar-refractivity contribution in [1.82, 2.24) is 0 Å². The topological polar surface area (TPSA) is 44.8 Å². The van der Waals surface area contributed by atoms with Crippen molar-refractivity contribution in [3.63, 3.8) is 0 Å². The van der Waals surface area contributed by atoms with Crippen LogP contribution in [0.1, 0.15) is 32.1 Å². The van der Waals surface area contributed by atoms with Crippen LogP contribution in [0.3, 0.4) is 0 Å². The van der Waals surface area contributed by atoms with E-state index in [0.717, 1.165) is 38.0 Å². The summed E-state index contributed by atoms with van der Waals surface area (Å²) in [5.74, 6) is 0. The molecule has 0 bridgehead atoms. The molecule has 1 saturated heterocycles. The summed E-state index contributed by atoms with van der Waals surface area (Å²) in [7, 11) is -3.10. The molecule has 0 aromatic rings. The Morgan fingerprint density at radius 3 is 2.42 bits per heavy atom. The summed E-state index contributed by atoms with van der Waals surface area (Å²) >= 11 is 0.744. The molecule has 0 amide bonds. The average molecular weight is 210 g/mol. The molecule has 12 heavy (non-hydrogen) atoms. The Kier molecular flexibility index (Phi) is 2.77. The van der Waals surface area contributed by atoms with E-state index in [1.807, 2.05) is 0 Å². The minimum atomic E-state index is -3.10. The number of hydrogen-bond donors (Lipinski definition) is 0. The zero-order valence-electron chi connectivity index (χ0n) is 6.60. The molecule has 0 unspecified atom stereocenters. The van der Waals surface area contributed by atoms with Crippen molar-refractivity contribution in [3.8, 4) is 0 Å². The highest BCUT2D eigenvalue weighted by Gasteiger charge is 2.41. The summed E-state index contributed by atoms with van der Waals surface area (Å²) in [5.41, 5.74) is 0. The molecule has 2 aliphatic rings. The molecule has 2 fully saturated rings. The Morgan fingerprint density at radius 1 is 1.25 bits per heavy atom. The average Bonchev–Trinajstić information content (AvgIpc) is 2.04. The van der Waals surface area contributed by atoms with Gasteiger partial charge in [0.15, 0.2) is 12.3 Å². The van der Waals surface area contributed by atoms with Gasteiger partial charge in [-0.05, 0) is 12.8 Å². The van der Waals surface area contributed by atoms with Gasteiger partial charge in [0.1, 0.15) is 0 Å². The highest BCUT2D eigenvalue weighted by Crippen LogP contribution is 2.66. The second kappa shape index (κ2) is 3.68. The molecular weight excluding hydrogens is 199 g/mol. The minimum absolute atomic E-state index is 0.0745. The van der Waals surface area contributed by atoms with E-state index < -0.39 is 7.82 Å². The fourth-order valence-electron chi connectivity index (χ4n) is 1.47. The molecule has 1 saturated carbocycles. The smallest absolute Gasteiger partial charge is 0.282 e. The van der Waals surface area contributed by atoms with E-state index in [1.165, 1.54) is 6.42 Å². The van der Waals surface area contributed by atoms with Crippen molar-refractivity contribution in [2.24, 2.45) is 0 Å². The summed E-state index contributed by atoms with van der Waals surface area (Å²) in [6.07, 6.45) is 5.57. The third kappa shape index (κ3) is 2.03. The summed E-state index contributed by atoms with van der Waals surface area (Å²) in [4.78, 5) is 0. The summed E-state index contributed by atoms with van der Waals surface area (Å²) in [5, 5.41) is 0. The normalized spacial score (nSPS) is 29.7. The van der Waals surface area contributed by atoms with E-state index in [2.05, 4.69) is 7.94 Å². The minimum Gasteiger partial charge on any atom is -0.282 e. The van der Waals surface area contributed by atoms with Gasteiger partial charge in [0.2, 0.25) is 0 Å². The summed E-state index contributed by atoms with van der Waals surface area (Å²) in [6.45, 7) is 0. The molecular formula is C6H11O4PS. The van der Waals surface area contributed by atoms with Gasteiger partial charge in [0.05, 0.1) is 6.10 Å². The SMILES string of the molecule is O=P1(OC2CCCCC2)OSO1. The van der Waals surface area contributed by atoms with Crippen LogP contribution in [0, 0.1) is 0 Å². The van der Waals surface area contributed by atoms with Gasteiger partial charge < -0.3 is 0 Å². The zero-order valence-corrected chi connectivity index (χ0v) is 8.31. The molecule has 70 valence electrons. The first-order valence-electron chi connectivity index (χ1n) is 4.12. The predicted molar refractivity (Wildman–Crippen MR) is 45.3 cm³/mol. The lowest BCUT2D eigenvalue weighted by Crippen LogP contribution is -2.17. The first-order chi connectivity index (χ1) is 5.79. The molecule has 4 nitrogen and oxygen atoms in total. The van der Waals surface area contributed by atoms with Crippen LogP contribution in [0.4, 0.5) is 0 Å². The Bertz CT molecular complexity index is 196. The quantitative estimate of drug-likeness (QED) is 0.517. The number of phosphoric acid groups is 1. The Labute approximate surface area is 76.0 Å². The van der Waals surface area contributed by atoms with E-state index in [1.54, 1.807) is 0 Å². The van der Waals surface area contributed by atoms with Gasteiger partial charge in [-0.1, -0.05) is 19.3 Å². The molecule has 6 heteroatoms. The van der Waals surface area contributed by atoms with Crippen molar-refractivity contribution in [2.45, 2.75) is 38.2 Å². The fraction of sp³-hybridized carbons (Fsp3) is 1.00. The van der Waals surface area contributed by atoms with Crippen molar-refractivity contribution in [3.05, 3.63) is 0 Å². The van der Waals surface area contributed by atoms with E-state index >= 15 is 0 Å². The van der Waals surface area contributed by atoms with Crippen molar-refractivity contribution in [1.29, 1.82) is 0 Å². The molecule has 0 aromatic heterocycles. The maximum Gasteiger partial charge on any atom is 0.501 e. The van der Waals surface area contributed by atoms with E-state index in [-0.39, 0.29) is 6.10 Å². The monoisotopic (exact) mass is 210 g/mol. The van der Waals surface area contributed by atoms with Gasteiger partial charge in [-0.3, -0.25) is 4.52 Å². The van der Waals surface area contributed by atoms with Gasteiger partial charge in [0, 0.05) is 0 Å². The zero-order chi connectivity index (χ0) is 8.44. The van der Waals surface area contributed by atoms with Crippen LogP contribution in [-0.4, -0.2) is 6.10 Å². The Hall–Kier alpha value is 0.460. The fourth-order valence-corrected chi connectivity index (χ4v) is 2.97.